The normalized spacial score (nSPS) is 25.9. The fourth-order valence-electron chi connectivity index (χ4n) is 5.59. The number of morpholine rings is 1. The highest BCUT2D eigenvalue weighted by atomic mass is 16.5. The number of ether oxygens (including phenoxy) is 1. The number of fused-ring (bicyclic) bond motifs is 3. The minimum atomic E-state index is 0.0144. The second kappa shape index (κ2) is 8.61. The fraction of sp³-hybridized carbons (Fsp3) is 0.480. The van der Waals surface area contributed by atoms with E-state index in [1.54, 1.807) is 0 Å². The van der Waals surface area contributed by atoms with E-state index in [9.17, 15) is 9.90 Å². The van der Waals surface area contributed by atoms with Crippen LogP contribution in [0.4, 0.5) is 5.69 Å². The van der Waals surface area contributed by atoms with Crippen molar-refractivity contribution in [3.8, 4) is 11.1 Å². The van der Waals surface area contributed by atoms with E-state index in [0.717, 1.165) is 31.7 Å². The van der Waals surface area contributed by atoms with Crippen molar-refractivity contribution in [3.05, 3.63) is 54.1 Å². The lowest BCUT2D eigenvalue weighted by Gasteiger charge is -2.45. The van der Waals surface area contributed by atoms with Crippen molar-refractivity contribution in [1.82, 2.24) is 9.80 Å². The van der Waals surface area contributed by atoms with Gasteiger partial charge in [0.1, 0.15) is 0 Å². The summed E-state index contributed by atoms with van der Waals surface area (Å²) in [5.74, 6) is 0.425. The zero-order valence-electron chi connectivity index (χ0n) is 18.1. The minimum absolute atomic E-state index is 0.0144. The maximum Gasteiger partial charge on any atom is 0.237 e. The van der Waals surface area contributed by atoms with Crippen LogP contribution in [0, 0.1) is 5.92 Å². The largest absolute Gasteiger partial charge is 0.394 e. The molecule has 0 unspecified atom stereocenters. The molecular formula is C25H31N3O3. The van der Waals surface area contributed by atoms with Crippen LogP contribution in [0.5, 0.6) is 0 Å². The van der Waals surface area contributed by atoms with Gasteiger partial charge in [0.2, 0.25) is 5.91 Å². The summed E-state index contributed by atoms with van der Waals surface area (Å²) < 4.78 is 5.43. The summed E-state index contributed by atoms with van der Waals surface area (Å²) in [5, 5.41) is 10.2. The quantitative estimate of drug-likeness (QED) is 0.822. The van der Waals surface area contributed by atoms with Gasteiger partial charge in [0.15, 0.2) is 0 Å². The number of rotatable bonds is 4. The highest BCUT2D eigenvalue weighted by molar-refractivity contribution is 5.80. The van der Waals surface area contributed by atoms with Crippen LogP contribution in [-0.2, 0) is 9.53 Å². The molecule has 0 saturated carbocycles. The third-order valence-corrected chi connectivity index (χ3v) is 7.24. The van der Waals surface area contributed by atoms with Crippen LogP contribution < -0.4 is 4.90 Å². The first-order valence-corrected chi connectivity index (χ1v) is 11.3. The van der Waals surface area contributed by atoms with Gasteiger partial charge in [-0.2, -0.15) is 0 Å². The van der Waals surface area contributed by atoms with E-state index < -0.39 is 0 Å². The molecule has 3 heterocycles. The smallest absolute Gasteiger partial charge is 0.237 e. The summed E-state index contributed by atoms with van der Waals surface area (Å²) in [4.78, 5) is 19.9. The SMILES string of the molecule is CN1c2ccc(-c3ccccc3)cc2[C@H]2[C@H](CCN2C(=O)CN2CCOCC2)[C@@H]1CO. The summed E-state index contributed by atoms with van der Waals surface area (Å²) in [6.07, 6.45) is 0.921. The molecule has 0 aromatic heterocycles. The Labute approximate surface area is 184 Å². The topological polar surface area (TPSA) is 56.2 Å². The highest BCUT2D eigenvalue weighted by Gasteiger charge is 2.47. The molecule has 0 aliphatic carbocycles. The lowest BCUT2D eigenvalue weighted by atomic mass is 9.81. The van der Waals surface area contributed by atoms with Crippen molar-refractivity contribution in [2.75, 3.05) is 57.9 Å². The molecule has 1 amide bonds. The second-order valence-electron chi connectivity index (χ2n) is 8.87. The fourth-order valence-corrected chi connectivity index (χ4v) is 5.59. The number of benzene rings is 2. The molecule has 2 aromatic carbocycles. The van der Waals surface area contributed by atoms with Gasteiger partial charge in [-0.25, -0.2) is 0 Å². The van der Waals surface area contributed by atoms with E-state index in [0.29, 0.717) is 19.8 Å². The van der Waals surface area contributed by atoms with Crippen LogP contribution in [0.3, 0.4) is 0 Å². The van der Waals surface area contributed by atoms with Crippen LogP contribution in [0.25, 0.3) is 11.1 Å². The summed E-state index contributed by atoms with van der Waals surface area (Å²) in [6.45, 7) is 4.30. The number of aliphatic hydroxyl groups is 1. The first kappa shape index (κ1) is 20.5. The van der Waals surface area contributed by atoms with E-state index in [2.05, 4.69) is 64.2 Å². The van der Waals surface area contributed by atoms with Crippen LogP contribution in [0.1, 0.15) is 18.0 Å². The standard InChI is InChI=1S/C25H31N3O3/c1-26-22-8-7-19(18-5-3-2-4-6-18)15-21(22)25-20(23(26)17-29)9-10-28(25)24(30)16-27-11-13-31-14-12-27/h2-8,15,20,23,25,29H,9-14,16-17H2,1H3/t20-,23+,25-/m1/s1. The van der Waals surface area contributed by atoms with Crippen LogP contribution in [0.2, 0.25) is 0 Å². The van der Waals surface area contributed by atoms with Crippen molar-refractivity contribution in [2.24, 2.45) is 5.92 Å². The number of amides is 1. The summed E-state index contributed by atoms with van der Waals surface area (Å²) in [6, 6.07) is 17.0. The molecule has 3 aliphatic heterocycles. The Hall–Kier alpha value is -2.41. The van der Waals surface area contributed by atoms with Crippen LogP contribution in [0.15, 0.2) is 48.5 Å². The van der Waals surface area contributed by atoms with E-state index >= 15 is 0 Å². The molecule has 5 rings (SSSR count). The molecule has 6 heteroatoms. The number of anilines is 1. The molecule has 0 radical (unpaired) electrons. The van der Waals surface area contributed by atoms with Gasteiger partial charge in [0, 0.05) is 38.3 Å². The molecule has 3 atom stereocenters. The van der Waals surface area contributed by atoms with Gasteiger partial charge in [-0.3, -0.25) is 9.69 Å². The van der Waals surface area contributed by atoms with Crippen molar-refractivity contribution >= 4 is 11.6 Å². The molecule has 0 bridgehead atoms. The Kier molecular flexibility index (Phi) is 5.69. The molecule has 31 heavy (non-hydrogen) atoms. The maximum atomic E-state index is 13.4. The molecule has 6 nitrogen and oxygen atoms in total. The third-order valence-electron chi connectivity index (χ3n) is 7.24. The van der Waals surface area contributed by atoms with Gasteiger partial charge in [0.25, 0.3) is 0 Å². The number of hydrogen-bond acceptors (Lipinski definition) is 5. The van der Waals surface area contributed by atoms with Gasteiger partial charge in [-0.15, -0.1) is 0 Å². The molecule has 0 spiro atoms. The van der Waals surface area contributed by atoms with E-state index in [1.165, 1.54) is 16.7 Å². The molecule has 3 aliphatic rings. The van der Waals surface area contributed by atoms with Crippen molar-refractivity contribution in [2.45, 2.75) is 18.5 Å². The number of nitrogens with zero attached hydrogens (tertiary/aromatic N) is 3. The Bertz CT molecular complexity index is 929. The number of hydrogen-bond donors (Lipinski definition) is 1. The molecular weight excluding hydrogens is 390 g/mol. The third kappa shape index (κ3) is 3.73. The second-order valence-corrected chi connectivity index (χ2v) is 8.87. The summed E-state index contributed by atoms with van der Waals surface area (Å²) >= 11 is 0. The Morgan fingerprint density at radius 3 is 2.58 bits per heavy atom. The van der Waals surface area contributed by atoms with Crippen molar-refractivity contribution in [3.63, 3.8) is 0 Å². The van der Waals surface area contributed by atoms with Gasteiger partial charge in [-0.1, -0.05) is 36.4 Å². The van der Waals surface area contributed by atoms with E-state index in [1.807, 2.05) is 6.07 Å². The van der Waals surface area contributed by atoms with Gasteiger partial charge >= 0.3 is 0 Å². The maximum absolute atomic E-state index is 13.4. The molecule has 2 fully saturated rings. The number of likely N-dealkylation sites (N-methyl/N-ethyl adjacent to an activating group) is 1. The average molecular weight is 422 g/mol. The molecule has 1 N–H and O–H groups in total. The minimum Gasteiger partial charge on any atom is -0.394 e. The molecule has 2 aromatic rings. The number of carbonyl (C=O) groups excluding carboxylic acids is 1. The van der Waals surface area contributed by atoms with Crippen LogP contribution >= 0.6 is 0 Å². The lowest BCUT2D eigenvalue weighted by molar-refractivity contribution is -0.135. The van der Waals surface area contributed by atoms with Crippen LogP contribution in [-0.4, -0.2) is 79.9 Å². The van der Waals surface area contributed by atoms with Gasteiger partial charge in [-0.05, 0) is 35.2 Å². The number of likely N-dealkylation sites (tertiary alicyclic amines) is 1. The monoisotopic (exact) mass is 421 g/mol. The highest BCUT2D eigenvalue weighted by Crippen LogP contribution is 2.49. The van der Waals surface area contributed by atoms with Crippen molar-refractivity contribution in [1.29, 1.82) is 0 Å². The number of aliphatic hydroxyl groups excluding tert-OH is 1. The number of carbonyl (C=O) groups is 1. The predicted molar refractivity (Wildman–Crippen MR) is 121 cm³/mol. The average Bonchev–Trinajstić information content (AvgIpc) is 3.26. The zero-order chi connectivity index (χ0) is 21.4. The Morgan fingerprint density at radius 2 is 1.84 bits per heavy atom. The lowest BCUT2D eigenvalue weighted by Crippen LogP contribution is -2.50. The van der Waals surface area contributed by atoms with E-state index in [-0.39, 0.29) is 30.5 Å². The van der Waals surface area contributed by atoms with Gasteiger partial charge < -0.3 is 19.6 Å². The zero-order valence-corrected chi connectivity index (χ0v) is 18.1. The molecule has 164 valence electrons. The summed E-state index contributed by atoms with van der Waals surface area (Å²) in [5.41, 5.74) is 4.66. The predicted octanol–water partition coefficient (Wildman–Crippen LogP) is 2.39. The van der Waals surface area contributed by atoms with Gasteiger partial charge in [0.05, 0.1) is 38.4 Å². The first-order chi connectivity index (χ1) is 15.2. The first-order valence-electron chi connectivity index (χ1n) is 11.3. The summed E-state index contributed by atoms with van der Waals surface area (Å²) in [7, 11) is 2.07. The van der Waals surface area contributed by atoms with Crippen molar-refractivity contribution < 1.29 is 14.6 Å². The molecule has 2 saturated heterocycles. The Balaban J connectivity index is 1.50. The van der Waals surface area contributed by atoms with E-state index in [4.69, 9.17) is 4.74 Å². The Morgan fingerprint density at radius 1 is 1.06 bits per heavy atom.